The molecule has 7 nitrogen and oxygen atoms in total. The maximum Gasteiger partial charge on any atom is 0.220 e. The SMILES string of the molecule is CCC(=O)CCCC(=O)NCCCOCCOCCOCCCNC. The van der Waals surface area contributed by atoms with Crippen molar-refractivity contribution in [1.82, 2.24) is 10.6 Å². The van der Waals surface area contributed by atoms with Crippen LogP contribution < -0.4 is 10.6 Å². The van der Waals surface area contributed by atoms with Gasteiger partial charge in [-0.2, -0.15) is 0 Å². The number of hydrogen-bond acceptors (Lipinski definition) is 6. The molecule has 0 atom stereocenters. The van der Waals surface area contributed by atoms with Gasteiger partial charge in [0.05, 0.1) is 26.4 Å². The van der Waals surface area contributed by atoms with E-state index in [-0.39, 0.29) is 11.7 Å². The van der Waals surface area contributed by atoms with E-state index >= 15 is 0 Å². The summed E-state index contributed by atoms with van der Waals surface area (Å²) in [6.45, 7) is 7.05. The van der Waals surface area contributed by atoms with Crippen molar-refractivity contribution >= 4 is 11.7 Å². The highest BCUT2D eigenvalue weighted by molar-refractivity contribution is 5.79. The van der Waals surface area contributed by atoms with Gasteiger partial charge in [-0.3, -0.25) is 9.59 Å². The van der Waals surface area contributed by atoms with Crippen LogP contribution in [0.4, 0.5) is 0 Å². The van der Waals surface area contributed by atoms with Gasteiger partial charge in [0.25, 0.3) is 0 Å². The molecule has 0 fully saturated rings. The predicted octanol–water partition coefficient (Wildman–Crippen LogP) is 1.30. The Kier molecular flexibility index (Phi) is 18.5. The van der Waals surface area contributed by atoms with Crippen molar-refractivity contribution < 1.29 is 23.8 Å². The van der Waals surface area contributed by atoms with E-state index in [0.29, 0.717) is 65.3 Å². The fourth-order valence-electron chi connectivity index (χ4n) is 2.01. The van der Waals surface area contributed by atoms with Gasteiger partial charge >= 0.3 is 0 Å². The van der Waals surface area contributed by atoms with Gasteiger partial charge in [0.1, 0.15) is 5.78 Å². The number of amides is 1. The lowest BCUT2D eigenvalue weighted by atomic mass is 10.1. The molecule has 7 heteroatoms. The highest BCUT2D eigenvalue weighted by Gasteiger charge is 2.03. The predicted molar refractivity (Wildman–Crippen MR) is 97.8 cm³/mol. The van der Waals surface area contributed by atoms with Gasteiger partial charge in [-0.15, -0.1) is 0 Å². The monoisotopic (exact) mass is 360 g/mol. The summed E-state index contributed by atoms with van der Waals surface area (Å²) >= 11 is 0. The smallest absolute Gasteiger partial charge is 0.220 e. The number of carbonyl (C=O) groups is 2. The summed E-state index contributed by atoms with van der Waals surface area (Å²) in [4.78, 5) is 22.7. The molecule has 0 aromatic rings. The number of ether oxygens (including phenoxy) is 3. The lowest BCUT2D eigenvalue weighted by Gasteiger charge is -2.07. The highest BCUT2D eigenvalue weighted by Crippen LogP contribution is 1.98. The molecular weight excluding hydrogens is 324 g/mol. The fraction of sp³-hybridized carbons (Fsp3) is 0.889. The maximum absolute atomic E-state index is 11.5. The summed E-state index contributed by atoms with van der Waals surface area (Å²) in [6.07, 6.45) is 3.87. The zero-order valence-electron chi connectivity index (χ0n) is 15.9. The Hall–Kier alpha value is -1.02. The fourth-order valence-corrected chi connectivity index (χ4v) is 2.01. The van der Waals surface area contributed by atoms with Gasteiger partial charge < -0.3 is 24.8 Å². The average molecular weight is 360 g/mol. The minimum absolute atomic E-state index is 0.00181. The Bertz CT molecular complexity index is 327. The molecular formula is C18H36N2O5. The van der Waals surface area contributed by atoms with Crippen LogP contribution in [0.2, 0.25) is 0 Å². The van der Waals surface area contributed by atoms with Crippen molar-refractivity contribution in [3.63, 3.8) is 0 Å². The minimum Gasteiger partial charge on any atom is -0.379 e. The van der Waals surface area contributed by atoms with Gasteiger partial charge in [-0.25, -0.2) is 0 Å². The first-order valence-corrected chi connectivity index (χ1v) is 9.37. The van der Waals surface area contributed by atoms with E-state index in [1.165, 1.54) is 0 Å². The van der Waals surface area contributed by atoms with Gasteiger partial charge in [0, 0.05) is 39.0 Å². The molecule has 0 heterocycles. The topological polar surface area (TPSA) is 85.9 Å². The largest absolute Gasteiger partial charge is 0.379 e. The molecule has 2 N–H and O–H groups in total. The Balaban J connectivity index is 3.15. The lowest BCUT2D eigenvalue weighted by molar-refractivity contribution is -0.121. The van der Waals surface area contributed by atoms with Gasteiger partial charge in [-0.05, 0) is 32.9 Å². The molecule has 148 valence electrons. The van der Waals surface area contributed by atoms with Crippen molar-refractivity contribution in [1.29, 1.82) is 0 Å². The molecule has 0 radical (unpaired) electrons. The Labute approximate surface area is 152 Å². The van der Waals surface area contributed by atoms with Crippen LogP contribution in [0.15, 0.2) is 0 Å². The molecule has 25 heavy (non-hydrogen) atoms. The summed E-state index contributed by atoms with van der Waals surface area (Å²) in [5.74, 6) is 0.214. The molecule has 0 aromatic heterocycles. The summed E-state index contributed by atoms with van der Waals surface area (Å²) in [5, 5.41) is 5.90. The highest BCUT2D eigenvalue weighted by atomic mass is 16.5. The van der Waals surface area contributed by atoms with Crippen LogP contribution in [-0.4, -0.2) is 71.5 Å². The Morgan fingerprint density at radius 1 is 0.760 bits per heavy atom. The standard InChI is InChI=1S/C18H36N2O5/c1-3-17(21)7-4-8-18(22)20-10-6-12-24-14-16-25-15-13-23-11-5-9-19-2/h19H,3-16H2,1-2H3,(H,20,22). The molecule has 1 amide bonds. The van der Waals surface area contributed by atoms with E-state index in [9.17, 15) is 9.59 Å². The molecule has 0 spiro atoms. The first-order chi connectivity index (χ1) is 12.2. The van der Waals surface area contributed by atoms with Gasteiger partial charge in [0.2, 0.25) is 5.91 Å². The van der Waals surface area contributed by atoms with Crippen LogP contribution in [0.5, 0.6) is 0 Å². The van der Waals surface area contributed by atoms with E-state index in [1.54, 1.807) is 0 Å². The van der Waals surface area contributed by atoms with E-state index in [0.717, 1.165) is 26.0 Å². The second-order valence-corrected chi connectivity index (χ2v) is 5.74. The third-order valence-electron chi connectivity index (χ3n) is 3.50. The molecule has 0 unspecified atom stereocenters. The van der Waals surface area contributed by atoms with Crippen molar-refractivity contribution in [2.45, 2.75) is 45.4 Å². The number of rotatable bonds is 19. The zero-order valence-corrected chi connectivity index (χ0v) is 15.9. The molecule has 0 aliphatic carbocycles. The van der Waals surface area contributed by atoms with Gasteiger partial charge in [-0.1, -0.05) is 6.92 Å². The van der Waals surface area contributed by atoms with Crippen molar-refractivity contribution in [2.75, 3.05) is 59.8 Å². The minimum atomic E-state index is 0.00181. The number of carbonyl (C=O) groups excluding carboxylic acids is 2. The van der Waals surface area contributed by atoms with Gasteiger partial charge in [0.15, 0.2) is 0 Å². The van der Waals surface area contributed by atoms with E-state index in [4.69, 9.17) is 14.2 Å². The molecule has 0 saturated carbocycles. The third kappa shape index (κ3) is 19.2. The van der Waals surface area contributed by atoms with Crippen LogP contribution in [0, 0.1) is 0 Å². The second-order valence-electron chi connectivity index (χ2n) is 5.74. The average Bonchev–Trinajstić information content (AvgIpc) is 2.61. The molecule has 0 bridgehead atoms. The van der Waals surface area contributed by atoms with Crippen LogP contribution in [-0.2, 0) is 23.8 Å². The first kappa shape index (κ1) is 24.0. The van der Waals surface area contributed by atoms with E-state index < -0.39 is 0 Å². The Morgan fingerprint density at radius 3 is 1.88 bits per heavy atom. The second kappa shape index (κ2) is 19.3. The van der Waals surface area contributed by atoms with E-state index in [1.807, 2.05) is 14.0 Å². The van der Waals surface area contributed by atoms with Crippen molar-refractivity contribution in [3.05, 3.63) is 0 Å². The van der Waals surface area contributed by atoms with Crippen molar-refractivity contribution in [2.24, 2.45) is 0 Å². The Morgan fingerprint density at radius 2 is 1.32 bits per heavy atom. The normalized spacial score (nSPS) is 10.8. The summed E-state index contributed by atoms with van der Waals surface area (Å²) < 4.78 is 16.2. The van der Waals surface area contributed by atoms with E-state index in [2.05, 4.69) is 10.6 Å². The zero-order chi connectivity index (χ0) is 18.6. The van der Waals surface area contributed by atoms with Crippen LogP contribution >= 0.6 is 0 Å². The maximum atomic E-state index is 11.5. The number of Topliss-reactive ketones (excluding diaryl/α,β-unsaturated/α-hetero) is 1. The number of hydrogen-bond donors (Lipinski definition) is 2. The number of nitrogens with one attached hydrogen (secondary N) is 2. The van der Waals surface area contributed by atoms with Crippen LogP contribution in [0.3, 0.4) is 0 Å². The molecule has 0 aliphatic heterocycles. The lowest BCUT2D eigenvalue weighted by Crippen LogP contribution is -2.25. The molecule has 0 aromatic carbocycles. The quantitative estimate of drug-likeness (QED) is 0.338. The molecule has 0 rings (SSSR count). The summed E-state index contributed by atoms with van der Waals surface area (Å²) in [7, 11) is 1.93. The molecule has 0 aliphatic rings. The first-order valence-electron chi connectivity index (χ1n) is 9.37. The summed E-state index contributed by atoms with van der Waals surface area (Å²) in [5.41, 5.74) is 0. The van der Waals surface area contributed by atoms with Crippen LogP contribution in [0.25, 0.3) is 0 Å². The van der Waals surface area contributed by atoms with Crippen molar-refractivity contribution in [3.8, 4) is 0 Å². The molecule has 0 saturated heterocycles. The number of ketones is 1. The van der Waals surface area contributed by atoms with Crippen LogP contribution in [0.1, 0.15) is 45.4 Å². The summed E-state index contributed by atoms with van der Waals surface area (Å²) in [6, 6.07) is 0. The third-order valence-corrected chi connectivity index (χ3v) is 3.50.